The van der Waals surface area contributed by atoms with Gasteiger partial charge in [0.05, 0.1) is 0 Å². The van der Waals surface area contributed by atoms with E-state index in [1.807, 2.05) is 0 Å². The van der Waals surface area contributed by atoms with Crippen LogP contribution in [0.4, 0.5) is 4.39 Å². The number of benzene rings is 1. The molecule has 0 unspecified atom stereocenters. The number of hydrogen-bond donors (Lipinski definition) is 0. The molecule has 0 aliphatic rings. The minimum absolute atomic E-state index is 0.285. The van der Waals surface area contributed by atoms with Gasteiger partial charge < -0.3 is 0 Å². The number of rotatable bonds is 3. The summed E-state index contributed by atoms with van der Waals surface area (Å²) >= 11 is 10.4. The van der Waals surface area contributed by atoms with Gasteiger partial charge in [0.2, 0.25) is 0 Å². The van der Waals surface area contributed by atoms with Crippen molar-refractivity contribution in [3.63, 3.8) is 0 Å². The maximum Gasteiger partial charge on any atom is 0.149 e. The minimum atomic E-state index is -0.285. The van der Waals surface area contributed by atoms with Crippen molar-refractivity contribution < 1.29 is 4.39 Å². The lowest BCUT2D eigenvalue weighted by molar-refractivity contribution is 0.628. The zero-order valence-electron chi connectivity index (χ0n) is 8.08. The van der Waals surface area contributed by atoms with Crippen LogP contribution in [0.1, 0.15) is 5.01 Å². The lowest BCUT2D eigenvalue weighted by atomic mass is 10.2. The standard InChI is InChI=1S/C10H7BrClFN2S/c11-8-2-1-6(13)5-7(8)10-15-14-9(16-10)3-4-12/h1-2,5H,3-4H2. The Bertz CT molecular complexity index is 503. The zero-order valence-corrected chi connectivity index (χ0v) is 11.2. The highest BCUT2D eigenvalue weighted by atomic mass is 79.9. The average molecular weight is 322 g/mol. The molecule has 1 aromatic carbocycles. The van der Waals surface area contributed by atoms with E-state index in [1.54, 1.807) is 6.07 Å². The van der Waals surface area contributed by atoms with Crippen molar-refractivity contribution >= 4 is 38.9 Å². The first-order chi connectivity index (χ1) is 7.70. The van der Waals surface area contributed by atoms with Crippen molar-refractivity contribution in [3.8, 4) is 10.6 Å². The molecule has 2 rings (SSSR count). The molecular formula is C10H7BrClFN2S. The number of alkyl halides is 1. The second-order valence-electron chi connectivity index (χ2n) is 3.06. The molecule has 0 fully saturated rings. The van der Waals surface area contributed by atoms with Gasteiger partial charge in [-0.25, -0.2) is 4.39 Å². The van der Waals surface area contributed by atoms with Crippen molar-refractivity contribution in [2.75, 3.05) is 5.88 Å². The van der Waals surface area contributed by atoms with Gasteiger partial charge in [-0.1, -0.05) is 27.3 Å². The monoisotopic (exact) mass is 320 g/mol. The van der Waals surface area contributed by atoms with Crippen LogP contribution in [-0.2, 0) is 6.42 Å². The Morgan fingerprint density at radius 2 is 2.19 bits per heavy atom. The van der Waals surface area contributed by atoms with Gasteiger partial charge in [-0.15, -0.1) is 21.8 Å². The summed E-state index contributed by atoms with van der Waals surface area (Å²) in [4.78, 5) is 0. The first kappa shape index (κ1) is 12.0. The van der Waals surface area contributed by atoms with Gasteiger partial charge in [-0.05, 0) is 18.2 Å². The molecule has 0 spiro atoms. The van der Waals surface area contributed by atoms with Crippen molar-refractivity contribution in [3.05, 3.63) is 33.5 Å². The van der Waals surface area contributed by atoms with E-state index in [9.17, 15) is 4.39 Å². The SMILES string of the molecule is Fc1ccc(Br)c(-c2nnc(CCCl)s2)c1. The fourth-order valence-electron chi connectivity index (χ4n) is 1.21. The van der Waals surface area contributed by atoms with Crippen LogP contribution in [-0.4, -0.2) is 16.1 Å². The Hall–Kier alpha value is -0.520. The highest BCUT2D eigenvalue weighted by molar-refractivity contribution is 9.10. The summed E-state index contributed by atoms with van der Waals surface area (Å²) in [5, 5.41) is 9.58. The molecular weight excluding hydrogens is 315 g/mol. The van der Waals surface area contributed by atoms with Gasteiger partial charge in [-0.3, -0.25) is 0 Å². The largest absolute Gasteiger partial charge is 0.207 e. The molecule has 6 heteroatoms. The van der Waals surface area contributed by atoms with E-state index in [0.29, 0.717) is 17.3 Å². The summed E-state index contributed by atoms with van der Waals surface area (Å²) in [6, 6.07) is 4.50. The topological polar surface area (TPSA) is 25.8 Å². The maximum absolute atomic E-state index is 13.1. The van der Waals surface area contributed by atoms with Crippen molar-refractivity contribution in [2.24, 2.45) is 0 Å². The van der Waals surface area contributed by atoms with E-state index < -0.39 is 0 Å². The number of hydrogen-bond acceptors (Lipinski definition) is 3. The average Bonchev–Trinajstić information content (AvgIpc) is 2.71. The van der Waals surface area contributed by atoms with E-state index in [1.165, 1.54) is 23.5 Å². The molecule has 0 bridgehead atoms. The summed E-state index contributed by atoms with van der Waals surface area (Å²) in [5.41, 5.74) is 0.721. The van der Waals surface area contributed by atoms with Crippen LogP contribution in [0, 0.1) is 5.82 Å². The molecule has 16 heavy (non-hydrogen) atoms. The molecule has 84 valence electrons. The van der Waals surface area contributed by atoms with E-state index >= 15 is 0 Å². The number of halogens is 3. The molecule has 0 saturated heterocycles. The van der Waals surface area contributed by atoms with Crippen LogP contribution in [0.3, 0.4) is 0 Å². The normalized spacial score (nSPS) is 10.7. The molecule has 2 aromatic rings. The third kappa shape index (κ3) is 2.59. The Labute approximate surface area is 110 Å². The summed E-state index contributed by atoms with van der Waals surface area (Å²) < 4.78 is 13.9. The second kappa shape index (κ2) is 5.21. The maximum atomic E-state index is 13.1. The van der Waals surface area contributed by atoms with Crippen LogP contribution in [0.25, 0.3) is 10.6 Å². The molecule has 0 aliphatic heterocycles. The lowest BCUT2D eigenvalue weighted by Crippen LogP contribution is -1.83. The van der Waals surface area contributed by atoms with Crippen LogP contribution in [0.15, 0.2) is 22.7 Å². The highest BCUT2D eigenvalue weighted by Crippen LogP contribution is 2.31. The van der Waals surface area contributed by atoms with Crippen LogP contribution in [0.5, 0.6) is 0 Å². The summed E-state index contributed by atoms with van der Waals surface area (Å²) in [7, 11) is 0. The summed E-state index contributed by atoms with van der Waals surface area (Å²) in [5.74, 6) is 0.228. The van der Waals surface area contributed by atoms with E-state index in [-0.39, 0.29) is 5.82 Å². The summed E-state index contributed by atoms with van der Waals surface area (Å²) in [6.07, 6.45) is 0.687. The number of aryl methyl sites for hydroxylation is 1. The molecule has 2 nitrogen and oxygen atoms in total. The Morgan fingerprint density at radius 1 is 1.38 bits per heavy atom. The van der Waals surface area contributed by atoms with E-state index in [4.69, 9.17) is 11.6 Å². The highest BCUT2D eigenvalue weighted by Gasteiger charge is 2.10. The molecule has 1 aromatic heterocycles. The Morgan fingerprint density at radius 3 is 2.94 bits per heavy atom. The molecule has 0 aliphatic carbocycles. The van der Waals surface area contributed by atoms with E-state index in [2.05, 4.69) is 26.1 Å². The lowest BCUT2D eigenvalue weighted by Gasteiger charge is -1.98. The summed E-state index contributed by atoms with van der Waals surface area (Å²) in [6.45, 7) is 0. The minimum Gasteiger partial charge on any atom is -0.207 e. The zero-order chi connectivity index (χ0) is 11.5. The molecule has 0 N–H and O–H groups in total. The molecule has 1 heterocycles. The van der Waals surface area contributed by atoms with Gasteiger partial charge in [-0.2, -0.15) is 0 Å². The predicted octanol–water partition coefficient (Wildman–Crippen LogP) is 3.89. The Balaban J connectivity index is 2.38. The van der Waals surface area contributed by atoms with Crippen LogP contribution in [0.2, 0.25) is 0 Å². The van der Waals surface area contributed by atoms with Crippen molar-refractivity contribution in [2.45, 2.75) is 6.42 Å². The first-order valence-electron chi connectivity index (χ1n) is 4.54. The van der Waals surface area contributed by atoms with E-state index in [0.717, 1.165) is 15.0 Å². The molecule has 0 atom stereocenters. The fourth-order valence-corrected chi connectivity index (χ4v) is 2.93. The van der Waals surface area contributed by atoms with Gasteiger partial charge in [0, 0.05) is 22.3 Å². The molecule has 0 amide bonds. The van der Waals surface area contributed by atoms with Gasteiger partial charge in [0.1, 0.15) is 15.8 Å². The number of nitrogens with zero attached hydrogens (tertiary/aromatic N) is 2. The van der Waals surface area contributed by atoms with Crippen molar-refractivity contribution in [1.29, 1.82) is 0 Å². The molecule has 0 saturated carbocycles. The van der Waals surface area contributed by atoms with Gasteiger partial charge in [0.25, 0.3) is 0 Å². The fraction of sp³-hybridized carbons (Fsp3) is 0.200. The third-order valence-electron chi connectivity index (χ3n) is 1.93. The van der Waals surface area contributed by atoms with Crippen LogP contribution >= 0.6 is 38.9 Å². The van der Waals surface area contributed by atoms with Crippen molar-refractivity contribution in [1.82, 2.24) is 10.2 Å². The Kier molecular flexibility index (Phi) is 3.89. The predicted molar refractivity (Wildman–Crippen MR) is 67.4 cm³/mol. The third-order valence-corrected chi connectivity index (χ3v) is 3.83. The smallest absolute Gasteiger partial charge is 0.149 e. The van der Waals surface area contributed by atoms with Gasteiger partial charge >= 0.3 is 0 Å². The van der Waals surface area contributed by atoms with Gasteiger partial charge in [0.15, 0.2) is 0 Å². The first-order valence-corrected chi connectivity index (χ1v) is 6.69. The second-order valence-corrected chi connectivity index (χ2v) is 5.36. The van der Waals surface area contributed by atoms with Crippen LogP contribution < -0.4 is 0 Å². The quantitative estimate of drug-likeness (QED) is 0.802. The molecule has 0 radical (unpaired) electrons. The number of aromatic nitrogens is 2.